The number of benzodiazepines with no additional fused rings is 2. The zero-order valence-corrected chi connectivity index (χ0v) is 85.6. The molecular formula is C110H133Br2F6N11O17. The van der Waals surface area contributed by atoms with Crippen molar-refractivity contribution in [1.82, 2.24) is 31.1 Å². The van der Waals surface area contributed by atoms with Gasteiger partial charge in [0, 0.05) is 62.4 Å². The van der Waals surface area contributed by atoms with Crippen LogP contribution in [0.5, 0.6) is 0 Å². The van der Waals surface area contributed by atoms with Crippen LogP contribution >= 0.6 is 34.0 Å². The number of halogens is 8. The lowest BCUT2D eigenvalue weighted by Gasteiger charge is -2.25. The molecule has 4 heterocycles. The van der Waals surface area contributed by atoms with E-state index in [1.165, 1.54) is 43.9 Å². The summed E-state index contributed by atoms with van der Waals surface area (Å²) in [6.07, 6.45) is 1.27. The van der Waals surface area contributed by atoms with E-state index in [9.17, 15) is 79.1 Å². The first kappa shape index (κ1) is 121. The third kappa shape index (κ3) is 38.7. The van der Waals surface area contributed by atoms with E-state index in [1.54, 1.807) is 62.6 Å². The molecule has 0 bridgehead atoms. The van der Waals surface area contributed by atoms with Crippen LogP contribution in [0.2, 0.25) is 0 Å². The van der Waals surface area contributed by atoms with E-state index >= 15 is 0 Å². The van der Waals surface area contributed by atoms with E-state index < -0.39 is 102 Å². The standard InChI is InChI=1S/C33H35F3N4O4.C26H32N2O5.C17H14F3N3O.C17H23NO3.C16H23NO4.CH4.2BrH/c1-3-4-6-13-24(20-37-32(43)44-21-22-11-7-5-8-12-22)30(41)39-29-31(42)40(2)27-15-10-9-14-26(27)28(38-29)23-16-18-25(19-17-23)33(34,35)36;1-2-3-6-15-22(17-27-25(30)32-18-21-13-9-5-10-14-21)24(29)28-23(19-33-26(28)31)16-20-11-7-4-8-12-20;1-23-13-5-3-2-4-12(13)14(22-15(21)16(23)24)10-6-8-11(9-7-10)17(18,19)20;1-2-3-4-8-11-16(19)18-15(13-21-17(18)20)12-14-9-6-5-7-10-14;1-2-3-5-10-14(15(18)19)11-17-16(20)21-12-13-8-6-4-7-9-13;;;/h5,7-12,14-19,24,29H,3-4,6,13,20-21H2,1-2H3,(H,37,43)(H,39,41);4-5,7-14,22-23H,2-3,6,15-19H2,1H3,(H,27,30);2-9,15H,21H2,1H3;5-7,9-10,15H,2-4,8,11-13H2,1H3;4,6-9,14H,2-3,5,10-12H2,1H3,(H,17,20)(H,18,19);1H4;2*1H/t24-,29?;22-,23+;;15-;14-;;;/m00.10.../s1. The molecule has 0 aromatic heterocycles. The van der Waals surface area contributed by atoms with Crippen molar-refractivity contribution in [2.24, 2.45) is 33.5 Å². The van der Waals surface area contributed by atoms with Gasteiger partial charge in [0.25, 0.3) is 11.8 Å². The third-order valence-corrected chi connectivity index (χ3v) is 23.9. The fourth-order valence-electron chi connectivity index (χ4n) is 15.9. The molecule has 0 radical (unpaired) electrons. The highest BCUT2D eigenvalue weighted by Crippen LogP contribution is 2.35. The maximum Gasteiger partial charge on any atom is 0.416 e. The molecule has 0 aliphatic carbocycles. The summed E-state index contributed by atoms with van der Waals surface area (Å²) in [5, 5.41) is 19.7. The van der Waals surface area contributed by atoms with E-state index in [-0.39, 0.29) is 123 Å². The summed E-state index contributed by atoms with van der Waals surface area (Å²) < 4.78 is 104. The molecule has 36 heteroatoms. The molecule has 10 amide bonds. The molecular weight excluding hydrogens is 2020 g/mol. The van der Waals surface area contributed by atoms with Crippen molar-refractivity contribution in [1.29, 1.82) is 0 Å². The van der Waals surface area contributed by atoms with Crippen LogP contribution in [0.1, 0.15) is 205 Å². The Labute approximate surface area is 870 Å². The smallest absolute Gasteiger partial charge is 0.416 e. The van der Waals surface area contributed by atoms with Gasteiger partial charge >= 0.3 is 48.8 Å². The number of hydrogen-bond acceptors (Lipinski definition) is 19. The number of hydrogen-bond donors (Lipinski definition) is 6. The molecule has 786 valence electrons. The van der Waals surface area contributed by atoms with Gasteiger partial charge in [0.05, 0.1) is 63.8 Å². The van der Waals surface area contributed by atoms with Crippen molar-refractivity contribution >= 4 is 123 Å². The number of alkyl carbamates (subject to hydrolysis) is 3. The van der Waals surface area contributed by atoms with Crippen LogP contribution in [0.4, 0.5) is 61.7 Å². The minimum absolute atomic E-state index is 0. The number of nitrogens with one attached hydrogen (secondary N) is 4. The van der Waals surface area contributed by atoms with Crippen LogP contribution in [0, 0.1) is 17.8 Å². The number of carbonyl (C=O) groups excluding carboxylic acids is 10. The molecule has 0 saturated carbocycles. The van der Waals surface area contributed by atoms with Crippen LogP contribution in [0.25, 0.3) is 0 Å². The molecule has 9 aromatic rings. The Bertz CT molecular complexity index is 5650. The van der Waals surface area contributed by atoms with Crippen molar-refractivity contribution in [3.63, 3.8) is 0 Å². The number of aliphatic imine (C=N–C) groups is 2. The van der Waals surface area contributed by atoms with Gasteiger partial charge in [-0.3, -0.25) is 33.8 Å². The second-order valence-corrected chi connectivity index (χ2v) is 34.7. The quantitative estimate of drug-likeness (QED) is 0.0118. The van der Waals surface area contributed by atoms with Gasteiger partial charge in [-0.15, -0.1) is 34.0 Å². The Morgan fingerprint density at radius 3 is 1.16 bits per heavy atom. The predicted octanol–water partition coefficient (Wildman–Crippen LogP) is 22.1. The first-order chi connectivity index (χ1) is 68.8. The molecule has 2 fully saturated rings. The molecule has 9 aromatic carbocycles. The van der Waals surface area contributed by atoms with Gasteiger partial charge in [0.2, 0.25) is 23.9 Å². The van der Waals surface area contributed by atoms with E-state index in [1.807, 2.05) is 159 Å². The largest absolute Gasteiger partial charge is 0.481 e. The number of cyclic esters (lactones) is 2. The van der Waals surface area contributed by atoms with Gasteiger partial charge in [-0.1, -0.05) is 324 Å². The second kappa shape index (κ2) is 62.9. The second-order valence-electron chi connectivity index (χ2n) is 34.7. The van der Waals surface area contributed by atoms with E-state index in [2.05, 4.69) is 52.0 Å². The van der Waals surface area contributed by atoms with Gasteiger partial charge in [0.1, 0.15) is 33.0 Å². The maximum absolute atomic E-state index is 13.6. The Balaban J connectivity index is 0.000000286. The minimum atomic E-state index is -4.51. The topological polar surface area (TPSA) is 366 Å². The van der Waals surface area contributed by atoms with Crippen molar-refractivity contribution in [3.8, 4) is 0 Å². The Morgan fingerprint density at radius 2 is 0.760 bits per heavy atom. The van der Waals surface area contributed by atoms with Gasteiger partial charge in [-0.05, 0) is 103 Å². The van der Waals surface area contributed by atoms with Crippen LogP contribution in [0.15, 0.2) is 259 Å². The van der Waals surface area contributed by atoms with Crippen LogP contribution in [-0.4, -0.2) is 164 Å². The first-order valence-electron chi connectivity index (χ1n) is 48.2. The summed E-state index contributed by atoms with van der Waals surface area (Å²) >= 11 is 0. The monoisotopic (exact) mass is 2150 g/mol. The van der Waals surface area contributed by atoms with E-state index in [0.717, 1.165) is 136 Å². The van der Waals surface area contributed by atoms with E-state index in [4.69, 9.17) is 34.5 Å². The minimum Gasteiger partial charge on any atom is -0.481 e. The normalized spacial score (nSPS) is 15.5. The molecule has 7 atom stereocenters. The highest BCUT2D eigenvalue weighted by Gasteiger charge is 2.43. The number of likely N-dealkylation sites (N-methyl/N-ethyl adjacent to an activating group) is 2. The maximum atomic E-state index is 13.6. The summed E-state index contributed by atoms with van der Waals surface area (Å²) in [4.78, 5) is 151. The molecule has 13 rings (SSSR count). The number of alkyl halides is 6. The van der Waals surface area contributed by atoms with Crippen LogP contribution in [-0.2, 0) is 97.5 Å². The van der Waals surface area contributed by atoms with Crippen molar-refractivity contribution in [2.75, 3.05) is 56.7 Å². The number of amides is 10. The SMILES string of the molecule is Br.Br.C.CCCCCCC(=O)N1C(=O)OC[C@H]1Cc1ccccc1.CCCCC[C@@H](CNC(=O)OCc1ccccc1)C(=O)N1C(=O)OC[C@H]1Cc1ccccc1.CCCCC[C@@H](CNC(=O)OCc1ccccc1)C(=O)NC1N=C(c2ccc(C(F)(F)F)cc2)c2ccccc2N(C)C1=O.CCCCC[C@@H](CNC(=O)OCc1ccccc1)C(=O)O.CN1C(=O)C(N)N=C(c2ccc(C(F)(F)F)cc2)c2ccccc21. The molecule has 7 N–H and O–H groups in total. The zero-order chi connectivity index (χ0) is 103. The Morgan fingerprint density at radius 1 is 0.425 bits per heavy atom. The Kier molecular flexibility index (Phi) is 52.2. The molecule has 0 spiro atoms. The predicted molar refractivity (Wildman–Crippen MR) is 559 cm³/mol. The highest BCUT2D eigenvalue weighted by molar-refractivity contribution is 8.93. The zero-order valence-electron chi connectivity index (χ0n) is 82.1. The number of nitrogens with two attached hydrogens (primary N) is 1. The lowest BCUT2D eigenvalue weighted by Crippen LogP contribution is -2.49. The van der Waals surface area contributed by atoms with Gasteiger partial charge in [0.15, 0.2) is 6.17 Å². The fraction of sp³-hybridized carbons (Fsp3) is 0.391. The number of fused-ring (bicyclic) bond motifs is 2. The average molecular weight is 2160 g/mol. The number of rotatable bonds is 39. The molecule has 4 aliphatic heterocycles. The molecule has 146 heavy (non-hydrogen) atoms. The number of carboxylic acids is 1. The number of aliphatic carboxylic acids is 1. The number of ether oxygens (including phenoxy) is 5. The van der Waals surface area contributed by atoms with Crippen LogP contribution in [0.3, 0.4) is 0 Å². The number of carbonyl (C=O) groups is 11. The number of anilines is 2. The van der Waals surface area contributed by atoms with Gasteiger partial charge < -0.3 is 65.6 Å². The number of benzene rings is 9. The number of imide groups is 2. The molecule has 28 nitrogen and oxygen atoms in total. The molecule has 2 unspecified atom stereocenters. The number of unbranched alkanes of at least 4 members (excludes halogenated alkanes) is 9. The summed E-state index contributed by atoms with van der Waals surface area (Å²) in [7, 11) is 3.14. The first-order valence-corrected chi connectivity index (χ1v) is 48.2. The van der Waals surface area contributed by atoms with Crippen molar-refractivity contribution < 1.29 is 108 Å². The van der Waals surface area contributed by atoms with Gasteiger partial charge in [-0.2, -0.15) is 26.3 Å². The summed E-state index contributed by atoms with van der Waals surface area (Å²) in [5.74, 6) is -4.44. The highest BCUT2D eigenvalue weighted by atomic mass is 79.9. The number of nitrogens with zero attached hydrogens (tertiary/aromatic N) is 6. The van der Waals surface area contributed by atoms with Crippen LogP contribution < -0.4 is 36.8 Å². The van der Waals surface area contributed by atoms with Crippen molar-refractivity contribution in [3.05, 3.63) is 310 Å². The third-order valence-electron chi connectivity index (χ3n) is 23.9. The lowest BCUT2D eigenvalue weighted by atomic mass is 9.98. The summed E-state index contributed by atoms with van der Waals surface area (Å²) in [6, 6.07) is 70.1. The summed E-state index contributed by atoms with van der Waals surface area (Å²) in [5.41, 5.74) is 12.8. The van der Waals surface area contributed by atoms with Gasteiger partial charge in [-0.25, -0.2) is 38.8 Å². The van der Waals surface area contributed by atoms with Crippen molar-refractivity contribution in [2.45, 2.75) is 214 Å². The lowest BCUT2D eigenvalue weighted by molar-refractivity contribution is -0.142. The number of carboxylic acid groups (broad SMARTS) is 1. The fourth-order valence-corrected chi connectivity index (χ4v) is 15.9. The van der Waals surface area contributed by atoms with E-state index in [0.29, 0.717) is 84.5 Å². The Hall–Kier alpha value is -13.6. The summed E-state index contributed by atoms with van der Waals surface area (Å²) in [6.45, 7) is 9.39. The molecule has 4 aliphatic rings. The molecule has 2 saturated heterocycles. The average Bonchev–Trinajstić information content (AvgIpc) is 1.60. The number of para-hydroxylation sites is 2.